The Balaban J connectivity index is 2.26. The first kappa shape index (κ1) is 31.2. The SMILES string of the molecule is CC[C@@H](C(=O)NC(C)C)N(Cc1cccc(OC)c1)C(=O)CCCN(c1ccc(OC)c(Cl)c1)S(C)(=O)=O. The third kappa shape index (κ3) is 8.80. The van der Waals surface area contributed by atoms with Gasteiger partial charge in [0.1, 0.15) is 17.5 Å². The van der Waals surface area contributed by atoms with Crippen LogP contribution in [0.5, 0.6) is 11.5 Å². The first-order valence-electron chi connectivity index (χ1n) is 12.4. The number of carbonyl (C=O) groups excluding carboxylic acids is 2. The van der Waals surface area contributed by atoms with Gasteiger partial charge in [-0.25, -0.2) is 8.42 Å². The maximum Gasteiger partial charge on any atom is 0.243 e. The third-order valence-corrected chi connectivity index (χ3v) is 7.37. The van der Waals surface area contributed by atoms with Crippen molar-refractivity contribution in [2.24, 2.45) is 0 Å². The molecule has 0 aliphatic carbocycles. The van der Waals surface area contributed by atoms with Crippen molar-refractivity contribution in [2.75, 3.05) is 31.3 Å². The van der Waals surface area contributed by atoms with E-state index in [1.165, 1.54) is 17.5 Å². The topological polar surface area (TPSA) is 105 Å². The molecule has 2 amide bonds. The second-order valence-corrected chi connectivity index (χ2v) is 11.5. The fourth-order valence-corrected chi connectivity index (χ4v) is 5.29. The van der Waals surface area contributed by atoms with Crippen molar-refractivity contribution in [1.29, 1.82) is 0 Å². The first-order valence-corrected chi connectivity index (χ1v) is 14.7. The summed E-state index contributed by atoms with van der Waals surface area (Å²) >= 11 is 6.21. The molecule has 0 saturated carbocycles. The highest BCUT2D eigenvalue weighted by Crippen LogP contribution is 2.30. The minimum absolute atomic E-state index is 0.0470. The zero-order valence-corrected chi connectivity index (χ0v) is 24.4. The van der Waals surface area contributed by atoms with Crippen LogP contribution in [0.25, 0.3) is 0 Å². The van der Waals surface area contributed by atoms with Crippen molar-refractivity contribution in [3.05, 3.63) is 53.1 Å². The quantitative estimate of drug-likeness (QED) is 0.366. The van der Waals surface area contributed by atoms with Crippen LogP contribution in [0.1, 0.15) is 45.6 Å². The molecule has 1 atom stereocenters. The number of anilines is 1. The van der Waals surface area contributed by atoms with Gasteiger partial charge in [0.2, 0.25) is 21.8 Å². The Kier molecular flexibility index (Phi) is 11.7. The van der Waals surface area contributed by atoms with Crippen LogP contribution >= 0.6 is 11.6 Å². The van der Waals surface area contributed by atoms with Gasteiger partial charge in [0.05, 0.1) is 31.2 Å². The molecule has 11 heteroatoms. The van der Waals surface area contributed by atoms with Gasteiger partial charge in [-0.2, -0.15) is 0 Å². The Morgan fingerprint density at radius 1 is 1.08 bits per heavy atom. The van der Waals surface area contributed by atoms with E-state index in [1.54, 1.807) is 24.1 Å². The molecule has 210 valence electrons. The molecule has 0 radical (unpaired) electrons. The molecule has 9 nitrogen and oxygen atoms in total. The van der Waals surface area contributed by atoms with Crippen molar-refractivity contribution in [3.8, 4) is 11.5 Å². The van der Waals surface area contributed by atoms with E-state index >= 15 is 0 Å². The number of benzene rings is 2. The fraction of sp³-hybridized carbons (Fsp3) is 0.481. The number of sulfonamides is 1. The summed E-state index contributed by atoms with van der Waals surface area (Å²) in [5, 5.41) is 3.18. The van der Waals surface area contributed by atoms with Crippen LogP contribution in [0.4, 0.5) is 5.69 Å². The van der Waals surface area contributed by atoms with Gasteiger partial charge in [-0.3, -0.25) is 13.9 Å². The number of nitrogens with one attached hydrogen (secondary N) is 1. The highest BCUT2D eigenvalue weighted by Gasteiger charge is 2.29. The van der Waals surface area contributed by atoms with Gasteiger partial charge < -0.3 is 19.7 Å². The number of methoxy groups -OCH3 is 2. The lowest BCUT2D eigenvalue weighted by Gasteiger charge is -2.31. The molecule has 38 heavy (non-hydrogen) atoms. The Bertz CT molecular complexity index is 1210. The van der Waals surface area contributed by atoms with Crippen LogP contribution in [0, 0.1) is 0 Å². The summed E-state index contributed by atoms with van der Waals surface area (Å²) in [4.78, 5) is 28.1. The minimum Gasteiger partial charge on any atom is -0.497 e. The zero-order valence-electron chi connectivity index (χ0n) is 22.9. The summed E-state index contributed by atoms with van der Waals surface area (Å²) in [5.41, 5.74) is 1.20. The highest BCUT2D eigenvalue weighted by atomic mass is 35.5. The molecular weight excluding hydrogens is 530 g/mol. The highest BCUT2D eigenvalue weighted by molar-refractivity contribution is 7.92. The van der Waals surface area contributed by atoms with E-state index in [1.807, 2.05) is 45.0 Å². The molecule has 0 spiro atoms. The molecule has 0 aliphatic heterocycles. The summed E-state index contributed by atoms with van der Waals surface area (Å²) in [5.74, 6) is 0.596. The normalized spacial score (nSPS) is 12.1. The molecule has 0 fully saturated rings. The van der Waals surface area contributed by atoms with E-state index in [0.717, 1.165) is 11.8 Å². The molecule has 2 aromatic rings. The van der Waals surface area contributed by atoms with Crippen LogP contribution in [0.3, 0.4) is 0 Å². The molecule has 0 aliphatic rings. The maximum atomic E-state index is 13.5. The van der Waals surface area contributed by atoms with Crippen LogP contribution in [-0.4, -0.2) is 64.2 Å². The molecule has 0 bridgehead atoms. The van der Waals surface area contributed by atoms with Gasteiger partial charge in [-0.15, -0.1) is 0 Å². The lowest BCUT2D eigenvalue weighted by Crippen LogP contribution is -2.50. The number of carbonyl (C=O) groups is 2. The lowest BCUT2D eigenvalue weighted by atomic mass is 10.1. The third-order valence-electron chi connectivity index (χ3n) is 5.88. The number of hydrogen-bond donors (Lipinski definition) is 1. The second-order valence-electron chi connectivity index (χ2n) is 9.22. The maximum absolute atomic E-state index is 13.5. The van der Waals surface area contributed by atoms with Gasteiger partial charge in [-0.1, -0.05) is 30.7 Å². The van der Waals surface area contributed by atoms with Crippen molar-refractivity contribution in [3.63, 3.8) is 0 Å². The molecule has 0 saturated heterocycles. The van der Waals surface area contributed by atoms with E-state index in [0.29, 0.717) is 23.6 Å². The van der Waals surface area contributed by atoms with E-state index in [2.05, 4.69) is 5.32 Å². The number of halogens is 1. The first-order chi connectivity index (χ1) is 17.9. The van der Waals surface area contributed by atoms with Crippen LogP contribution in [0.15, 0.2) is 42.5 Å². The summed E-state index contributed by atoms with van der Waals surface area (Å²) in [7, 11) is -0.604. The number of nitrogens with zero attached hydrogens (tertiary/aromatic N) is 2. The molecule has 0 unspecified atom stereocenters. The number of hydrogen-bond acceptors (Lipinski definition) is 6. The summed E-state index contributed by atoms with van der Waals surface area (Å²) in [6.45, 7) is 5.86. The standard InChI is InChI=1S/C27H38ClN3O6S/c1-7-24(27(33)29-19(2)3)30(18-20-10-8-11-22(16-20)36-4)26(32)12-9-15-31(38(6,34)35)21-13-14-25(37-5)23(28)17-21/h8,10-11,13-14,16-17,19,24H,7,9,12,15,18H2,1-6H3,(H,29,33)/t24-/m0/s1. The number of amides is 2. The largest absolute Gasteiger partial charge is 0.497 e. The Labute approximate surface area is 231 Å². The lowest BCUT2D eigenvalue weighted by molar-refractivity contribution is -0.141. The van der Waals surface area contributed by atoms with Crippen molar-refractivity contribution in [2.45, 2.75) is 58.7 Å². The van der Waals surface area contributed by atoms with E-state index < -0.39 is 16.1 Å². The fourth-order valence-electron chi connectivity index (χ4n) is 4.08. The van der Waals surface area contributed by atoms with Gasteiger partial charge in [0.15, 0.2) is 0 Å². The van der Waals surface area contributed by atoms with Crippen molar-refractivity contribution < 1.29 is 27.5 Å². The molecule has 2 aromatic carbocycles. The van der Waals surface area contributed by atoms with Crippen molar-refractivity contribution in [1.82, 2.24) is 10.2 Å². The molecule has 0 aromatic heterocycles. The molecule has 1 N–H and O–H groups in total. The Morgan fingerprint density at radius 3 is 2.34 bits per heavy atom. The van der Waals surface area contributed by atoms with Crippen LogP contribution in [-0.2, 0) is 26.2 Å². The Morgan fingerprint density at radius 2 is 1.79 bits per heavy atom. The number of ether oxygens (including phenoxy) is 2. The second kappa shape index (κ2) is 14.2. The molecule has 0 heterocycles. The van der Waals surface area contributed by atoms with Gasteiger partial charge in [-0.05, 0) is 62.6 Å². The Hall–Kier alpha value is -2.98. The average Bonchev–Trinajstić information content (AvgIpc) is 2.85. The number of rotatable bonds is 14. The monoisotopic (exact) mass is 567 g/mol. The van der Waals surface area contributed by atoms with Crippen LogP contribution < -0.4 is 19.1 Å². The summed E-state index contributed by atoms with van der Waals surface area (Å²) in [6, 6.07) is 11.3. The smallest absolute Gasteiger partial charge is 0.243 e. The van der Waals surface area contributed by atoms with Crippen LogP contribution in [0.2, 0.25) is 5.02 Å². The summed E-state index contributed by atoms with van der Waals surface area (Å²) < 4.78 is 36.8. The molecule has 2 rings (SSSR count). The molecular formula is C27H38ClN3O6S. The minimum atomic E-state index is -3.65. The summed E-state index contributed by atoms with van der Waals surface area (Å²) in [6.07, 6.45) is 1.82. The predicted molar refractivity (Wildman–Crippen MR) is 150 cm³/mol. The van der Waals surface area contributed by atoms with E-state index in [4.69, 9.17) is 21.1 Å². The van der Waals surface area contributed by atoms with E-state index in [-0.39, 0.29) is 48.8 Å². The van der Waals surface area contributed by atoms with Gasteiger partial charge in [0, 0.05) is 25.6 Å². The van der Waals surface area contributed by atoms with Gasteiger partial charge >= 0.3 is 0 Å². The average molecular weight is 568 g/mol. The predicted octanol–water partition coefficient (Wildman–Crippen LogP) is 4.24. The van der Waals surface area contributed by atoms with Gasteiger partial charge in [0.25, 0.3) is 0 Å². The van der Waals surface area contributed by atoms with Crippen molar-refractivity contribution >= 4 is 39.1 Å². The zero-order chi connectivity index (χ0) is 28.5. The van der Waals surface area contributed by atoms with E-state index in [9.17, 15) is 18.0 Å².